The van der Waals surface area contributed by atoms with E-state index in [1.54, 1.807) is 6.07 Å². The Kier molecular flexibility index (Phi) is 2.82. The van der Waals surface area contributed by atoms with Crippen LogP contribution in [0.3, 0.4) is 0 Å². The lowest BCUT2D eigenvalue weighted by Gasteiger charge is -2.27. The van der Waals surface area contributed by atoms with E-state index in [-0.39, 0.29) is 11.9 Å². The van der Waals surface area contributed by atoms with E-state index in [2.05, 4.69) is 21.8 Å². The Morgan fingerprint density at radius 3 is 3.06 bits per heavy atom. The van der Waals surface area contributed by atoms with Gasteiger partial charge in [0.1, 0.15) is 11.6 Å². The van der Waals surface area contributed by atoms with Gasteiger partial charge in [-0.15, -0.1) is 0 Å². The third kappa shape index (κ3) is 1.90. The first kappa shape index (κ1) is 11.7. The zero-order valence-corrected chi connectivity index (χ0v) is 10.8. The SMILES string of the molecule is CC1CCNC(c2nc3cc(F)ccc3n2C)C1. The molecule has 0 bridgehead atoms. The molecule has 0 aliphatic carbocycles. The fourth-order valence-corrected chi connectivity index (χ4v) is 2.81. The highest BCUT2D eigenvalue weighted by Crippen LogP contribution is 2.28. The number of aromatic nitrogens is 2. The molecule has 1 N–H and O–H groups in total. The summed E-state index contributed by atoms with van der Waals surface area (Å²) in [7, 11) is 2.00. The lowest BCUT2D eigenvalue weighted by atomic mass is 9.94. The van der Waals surface area contributed by atoms with Crippen LogP contribution < -0.4 is 5.32 Å². The van der Waals surface area contributed by atoms with Gasteiger partial charge in [0.15, 0.2) is 0 Å². The van der Waals surface area contributed by atoms with Crippen LogP contribution in [-0.2, 0) is 7.05 Å². The predicted octanol–water partition coefficient (Wildman–Crippen LogP) is 2.77. The molecule has 0 radical (unpaired) electrons. The molecule has 2 aromatic rings. The standard InChI is InChI=1S/C14H18FN3/c1-9-5-6-16-12(7-9)14-17-11-8-10(15)3-4-13(11)18(14)2/h3-4,8-9,12,16H,5-7H2,1-2H3. The maximum Gasteiger partial charge on any atom is 0.126 e. The summed E-state index contributed by atoms with van der Waals surface area (Å²) in [6, 6.07) is 5.08. The van der Waals surface area contributed by atoms with Gasteiger partial charge in [0.2, 0.25) is 0 Å². The second kappa shape index (κ2) is 4.35. The van der Waals surface area contributed by atoms with Gasteiger partial charge in [-0.25, -0.2) is 9.37 Å². The average Bonchev–Trinajstić information content (AvgIpc) is 2.66. The van der Waals surface area contributed by atoms with Gasteiger partial charge in [-0.05, 0) is 37.4 Å². The molecule has 1 fully saturated rings. The summed E-state index contributed by atoms with van der Waals surface area (Å²) in [5.74, 6) is 1.51. The largest absolute Gasteiger partial charge is 0.330 e. The molecule has 1 saturated heterocycles. The zero-order chi connectivity index (χ0) is 12.7. The van der Waals surface area contributed by atoms with Crippen LogP contribution in [0.4, 0.5) is 4.39 Å². The van der Waals surface area contributed by atoms with Crippen molar-refractivity contribution in [1.29, 1.82) is 0 Å². The van der Waals surface area contributed by atoms with Crippen LogP contribution >= 0.6 is 0 Å². The number of aryl methyl sites for hydroxylation is 1. The Morgan fingerprint density at radius 1 is 1.44 bits per heavy atom. The number of piperidine rings is 1. The fourth-order valence-electron chi connectivity index (χ4n) is 2.81. The lowest BCUT2D eigenvalue weighted by Crippen LogP contribution is -2.32. The highest BCUT2D eigenvalue weighted by Gasteiger charge is 2.24. The predicted molar refractivity (Wildman–Crippen MR) is 69.8 cm³/mol. The monoisotopic (exact) mass is 247 g/mol. The Labute approximate surface area is 106 Å². The van der Waals surface area contributed by atoms with Crippen molar-refractivity contribution in [2.24, 2.45) is 13.0 Å². The molecule has 2 unspecified atom stereocenters. The third-order valence-corrected chi connectivity index (χ3v) is 3.86. The summed E-state index contributed by atoms with van der Waals surface area (Å²) in [6.45, 7) is 3.31. The molecule has 4 heteroatoms. The molecule has 0 amide bonds. The van der Waals surface area contributed by atoms with Gasteiger partial charge in [-0.3, -0.25) is 0 Å². The number of halogens is 1. The van der Waals surface area contributed by atoms with Crippen LogP contribution in [0.15, 0.2) is 18.2 Å². The third-order valence-electron chi connectivity index (χ3n) is 3.86. The van der Waals surface area contributed by atoms with Gasteiger partial charge in [0, 0.05) is 13.1 Å². The smallest absolute Gasteiger partial charge is 0.126 e. The first-order valence-electron chi connectivity index (χ1n) is 6.50. The fraction of sp³-hybridized carbons (Fsp3) is 0.500. The molecule has 1 aliphatic heterocycles. The Hall–Kier alpha value is -1.42. The van der Waals surface area contributed by atoms with Gasteiger partial charge in [0.25, 0.3) is 0 Å². The molecule has 3 rings (SSSR count). The van der Waals surface area contributed by atoms with E-state index >= 15 is 0 Å². The number of hydrogen-bond acceptors (Lipinski definition) is 2. The number of rotatable bonds is 1. The second-order valence-electron chi connectivity index (χ2n) is 5.30. The molecular weight excluding hydrogens is 229 g/mol. The minimum Gasteiger partial charge on any atom is -0.330 e. The summed E-state index contributed by atoms with van der Waals surface area (Å²) in [5.41, 5.74) is 1.74. The van der Waals surface area contributed by atoms with Gasteiger partial charge >= 0.3 is 0 Å². The molecule has 18 heavy (non-hydrogen) atoms. The van der Waals surface area contributed by atoms with Crippen molar-refractivity contribution in [2.75, 3.05) is 6.54 Å². The van der Waals surface area contributed by atoms with E-state index in [0.29, 0.717) is 5.92 Å². The van der Waals surface area contributed by atoms with Crippen molar-refractivity contribution in [3.05, 3.63) is 29.8 Å². The molecule has 3 nitrogen and oxygen atoms in total. The second-order valence-corrected chi connectivity index (χ2v) is 5.30. The molecule has 1 aliphatic rings. The van der Waals surface area contributed by atoms with Crippen molar-refractivity contribution in [3.8, 4) is 0 Å². The number of fused-ring (bicyclic) bond motifs is 1. The Balaban J connectivity index is 2.03. The molecule has 96 valence electrons. The summed E-state index contributed by atoms with van der Waals surface area (Å²) in [5, 5.41) is 3.51. The molecule has 0 spiro atoms. The van der Waals surface area contributed by atoms with Crippen molar-refractivity contribution < 1.29 is 4.39 Å². The molecule has 1 aromatic carbocycles. The summed E-state index contributed by atoms with van der Waals surface area (Å²) in [4.78, 5) is 4.59. The van der Waals surface area contributed by atoms with Gasteiger partial charge in [0.05, 0.1) is 17.1 Å². The van der Waals surface area contributed by atoms with E-state index in [1.165, 1.54) is 18.6 Å². The minimum absolute atomic E-state index is 0.225. The maximum atomic E-state index is 13.2. The molecular formula is C14H18FN3. The molecule has 2 heterocycles. The number of hydrogen-bond donors (Lipinski definition) is 1. The number of nitrogens with zero attached hydrogens (tertiary/aromatic N) is 2. The van der Waals surface area contributed by atoms with Crippen molar-refractivity contribution >= 4 is 11.0 Å². The first-order valence-corrected chi connectivity index (χ1v) is 6.50. The maximum absolute atomic E-state index is 13.2. The summed E-state index contributed by atoms with van der Waals surface area (Å²) < 4.78 is 15.3. The normalized spacial score (nSPS) is 24.6. The summed E-state index contributed by atoms with van der Waals surface area (Å²) >= 11 is 0. The van der Waals surface area contributed by atoms with E-state index < -0.39 is 0 Å². The van der Waals surface area contributed by atoms with E-state index in [4.69, 9.17) is 0 Å². The Morgan fingerprint density at radius 2 is 2.28 bits per heavy atom. The molecule has 1 aromatic heterocycles. The minimum atomic E-state index is -0.225. The van der Waals surface area contributed by atoms with Gasteiger partial charge in [-0.2, -0.15) is 0 Å². The summed E-state index contributed by atoms with van der Waals surface area (Å²) in [6.07, 6.45) is 2.31. The number of benzene rings is 1. The lowest BCUT2D eigenvalue weighted by molar-refractivity contribution is 0.312. The van der Waals surface area contributed by atoms with E-state index in [9.17, 15) is 4.39 Å². The number of nitrogens with one attached hydrogen (secondary N) is 1. The van der Waals surface area contributed by atoms with Crippen molar-refractivity contribution in [3.63, 3.8) is 0 Å². The van der Waals surface area contributed by atoms with Gasteiger partial charge < -0.3 is 9.88 Å². The molecule has 0 saturated carbocycles. The first-order chi connectivity index (χ1) is 8.65. The highest BCUT2D eigenvalue weighted by molar-refractivity contribution is 5.76. The highest BCUT2D eigenvalue weighted by atomic mass is 19.1. The van der Waals surface area contributed by atoms with Crippen molar-refractivity contribution in [1.82, 2.24) is 14.9 Å². The van der Waals surface area contributed by atoms with Crippen LogP contribution in [0, 0.1) is 11.7 Å². The topological polar surface area (TPSA) is 29.9 Å². The van der Waals surface area contributed by atoms with Crippen LogP contribution in [0.1, 0.15) is 31.6 Å². The van der Waals surface area contributed by atoms with E-state index in [0.717, 1.165) is 29.8 Å². The quantitative estimate of drug-likeness (QED) is 0.839. The zero-order valence-electron chi connectivity index (χ0n) is 10.8. The Bertz CT molecular complexity index is 576. The van der Waals surface area contributed by atoms with Crippen LogP contribution in [0.25, 0.3) is 11.0 Å². The van der Waals surface area contributed by atoms with Crippen LogP contribution in [0.5, 0.6) is 0 Å². The molecule has 2 atom stereocenters. The van der Waals surface area contributed by atoms with Crippen LogP contribution in [-0.4, -0.2) is 16.1 Å². The van der Waals surface area contributed by atoms with E-state index in [1.807, 2.05) is 7.05 Å². The van der Waals surface area contributed by atoms with Gasteiger partial charge in [-0.1, -0.05) is 6.92 Å². The average molecular weight is 247 g/mol. The van der Waals surface area contributed by atoms with Crippen LogP contribution in [0.2, 0.25) is 0 Å². The number of imidazole rings is 1. The van der Waals surface area contributed by atoms with Crippen molar-refractivity contribution in [2.45, 2.75) is 25.8 Å².